The summed E-state index contributed by atoms with van der Waals surface area (Å²) in [4.78, 5) is 12.2. The fourth-order valence-electron chi connectivity index (χ4n) is 2.33. The number of benzene rings is 2. The van der Waals surface area contributed by atoms with Crippen LogP contribution in [0.2, 0.25) is 5.02 Å². The van der Waals surface area contributed by atoms with Crippen molar-refractivity contribution in [3.63, 3.8) is 0 Å². The van der Waals surface area contributed by atoms with Gasteiger partial charge in [0.15, 0.2) is 0 Å². The van der Waals surface area contributed by atoms with E-state index in [1.807, 2.05) is 6.92 Å². The number of hydrogen-bond donors (Lipinski definition) is 0. The molecule has 0 heterocycles. The molecule has 138 valence electrons. The normalized spacial score (nSPS) is 11.0. The molecule has 2 rings (SSSR count). The highest BCUT2D eigenvalue weighted by Gasteiger charge is 2.25. The third-order valence-corrected chi connectivity index (χ3v) is 5.77. The van der Waals surface area contributed by atoms with Gasteiger partial charge >= 0.3 is 5.97 Å². The van der Waals surface area contributed by atoms with Gasteiger partial charge in [-0.05, 0) is 44.2 Å². The summed E-state index contributed by atoms with van der Waals surface area (Å²) >= 11 is 6.07. The largest absolute Gasteiger partial charge is 0.462 e. The van der Waals surface area contributed by atoms with Crippen LogP contribution in [-0.2, 0) is 14.8 Å². The van der Waals surface area contributed by atoms with Crippen molar-refractivity contribution in [3.8, 4) is 0 Å². The molecule has 0 saturated heterocycles. The maximum atomic E-state index is 13.1. The van der Waals surface area contributed by atoms with E-state index in [0.717, 1.165) is 5.56 Å². The SMILES string of the molecule is C=CCN(c1ccc(Cl)c(C(=O)OCC)c1)S(=O)(=O)c1ccc(C)cc1. The molecule has 0 saturated carbocycles. The first-order valence-corrected chi connectivity index (χ1v) is 9.80. The second kappa shape index (κ2) is 8.38. The number of halogens is 1. The monoisotopic (exact) mass is 393 g/mol. The molecule has 0 amide bonds. The molecule has 0 atom stereocenters. The van der Waals surface area contributed by atoms with E-state index >= 15 is 0 Å². The first kappa shape index (κ1) is 20.0. The Morgan fingerprint density at radius 1 is 1.23 bits per heavy atom. The number of rotatable bonds is 7. The average molecular weight is 394 g/mol. The molecule has 0 fully saturated rings. The van der Waals surface area contributed by atoms with Crippen molar-refractivity contribution in [2.75, 3.05) is 17.5 Å². The predicted octanol–water partition coefficient (Wildman–Crippen LogP) is 4.21. The number of sulfonamides is 1. The Bertz CT molecular complexity index is 908. The van der Waals surface area contributed by atoms with Crippen molar-refractivity contribution in [2.45, 2.75) is 18.7 Å². The Balaban J connectivity index is 2.53. The summed E-state index contributed by atoms with van der Waals surface area (Å²) in [6.45, 7) is 7.42. The molecule has 0 aliphatic carbocycles. The fraction of sp³-hybridized carbons (Fsp3) is 0.211. The number of aryl methyl sites for hydroxylation is 1. The van der Waals surface area contributed by atoms with Gasteiger partial charge in [-0.25, -0.2) is 13.2 Å². The molecule has 5 nitrogen and oxygen atoms in total. The summed E-state index contributed by atoms with van der Waals surface area (Å²) in [5, 5.41) is 0.193. The highest BCUT2D eigenvalue weighted by molar-refractivity contribution is 7.92. The second-order valence-corrected chi connectivity index (χ2v) is 7.79. The number of carbonyl (C=O) groups is 1. The number of ether oxygens (including phenoxy) is 1. The van der Waals surface area contributed by atoms with Crippen molar-refractivity contribution < 1.29 is 17.9 Å². The Morgan fingerprint density at radius 2 is 1.88 bits per heavy atom. The van der Waals surface area contributed by atoms with Gasteiger partial charge in [0.1, 0.15) is 0 Å². The first-order valence-electron chi connectivity index (χ1n) is 7.98. The molecule has 0 unspecified atom stereocenters. The molecule has 7 heteroatoms. The minimum atomic E-state index is -3.83. The molecule has 26 heavy (non-hydrogen) atoms. The number of hydrogen-bond acceptors (Lipinski definition) is 4. The Hall–Kier alpha value is -2.31. The molecule has 2 aromatic carbocycles. The van der Waals surface area contributed by atoms with Crippen LogP contribution < -0.4 is 4.31 Å². The van der Waals surface area contributed by atoms with Gasteiger partial charge in [0, 0.05) is 0 Å². The number of carbonyl (C=O) groups excluding carboxylic acids is 1. The van der Waals surface area contributed by atoms with Crippen LogP contribution in [-0.4, -0.2) is 27.5 Å². The van der Waals surface area contributed by atoms with Crippen LogP contribution in [0, 0.1) is 6.92 Å². The summed E-state index contributed by atoms with van der Waals surface area (Å²) < 4.78 is 32.3. The summed E-state index contributed by atoms with van der Waals surface area (Å²) in [6, 6.07) is 11.0. The third kappa shape index (κ3) is 4.26. The van der Waals surface area contributed by atoms with Crippen LogP contribution in [0.15, 0.2) is 60.0 Å². The molecule has 0 aliphatic rings. The predicted molar refractivity (Wildman–Crippen MR) is 103 cm³/mol. The molecule has 0 radical (unpaired) electrons. The van der Waals surface area contributed by atoms with Gasteiger partial charge in [-0.1, -0.05) is 35.4 Å². The highest BCUT2D eigenvalue weighted by atomic mass is 35.5. The van der Waals surface area contributed by atoms with Crippen LogP contribution in [0.25, 0.3) is 0 Å². The zero-order chi connectivity index (χ0) is 19.3. The fourth-order valence-corrected chi connectivity index (χ4v) is 3.95. The molecular formula is C19H20ClNO4S. The zero-order valence-electron chi connectivity index (χ0n) is 14.6. The van der Waals surface area contributed by atoms with Gasteiger partial charge in [0.25, 0.3) is 10.0 Å². The van der Waals surface area contributed by atoms with Crippen LogP contribution in [0.5, 0.6) is 0 Å². The van der Waals surface area contributed by atoms with Gasteiger partial charge in [0.05, 0.1) is 34.3 Å². The third-order valence-electron chi connectivity index (χ3n) is 3.64. The number of esters is 1. The van der Waals surface area contributed by atoms with Gasteiger partial charge in [-0.2, -0.15) is 0 Å². The van der Waals surface area contributed by atoms with Gasteiger partial charge in [-0.3, -0.25) is 4.31 Å². The van der Waals surface area contributed by atoms with Crippen molar-refractivity contribution in [1.29, 1.82) is 0 Å². The lowest BCUT2D eigenvalue weighted by molar-refractivity contribution is 0.0526. The maximum Gasteiger partial charge on any atom is 0.339 e. The van der Waals surface area contributed by atoms with E-state index in [9.17, 15) is 13.2 Å². The lowest BCUT2D eigenvalue weighted by Gasteiger charge is -2.24. The van der Waals surface area contributed by atoms with Crippen molar-refractivity contribution in [1.82, 2.24) is 0 Å². The van der Waals surface area contributed by atoms with Crippen LogP contribution in [0.1, 0.15) is 22.8 Å². The number of anilines is 1. The maximum absolute atomic E-state index is 13.1. The average Bonchev–Trinajstić information content (AvgIpc) is 2.61. The second-order valence-electron chi connectivity index (χ2n) is 5.52. The molecule has 0 aromatic heterocycles. The Labute approximate surface area is 158 Å². The lowest BCUT2D eigenvalue weighted by atomic mass is 10.2. The standard InChI is InChI=1S/C19H20ClNO4S/c1-4-12-21(26(23,24)16-9-6-14(3)7-10-16)15-8-11-18(20)17(13-15)19(22)25-5-2/h4,6-11,13H,1,5,12H2,2-3H3. The number of nitrogens with zero attached hydrogens (tertiary/aromatic N) is 1. The lowest BCUT2D eigenvalue weighted by Crippen LogP contribution is -2.31. The van der Waals surface area contributed by atoms with Gasteiger partial charge < -0.3 is 4.74 Å². The smallest absolute Gasteiger partial charge is 0.339 e. The summed E-state index contributed by atoms with van der Waals surface area (Å²) in [7, 11) is -3.83. The van der Waals surface area contributed by atoms with E-state index in [2.05, 4.69) is 6.58 Å². The zero-order valence-corrected chi connectivity index (χ0v) is 16.2. The van der Waals surface area contributed by atoms with Crippen LogP contribution >= 0.6 is 11.6 Å². The molecule has 0 N–H and O–H groups in total. The molecular weight excluding hydrogens is 374 g/mol. The van der Waals surface area contributed by atoms with Crippen LogP contribution in [0.4, 0.5) is 5.69 Å². The van der Waals surface area contributed by atoms with Gasteiger partial charge in [-0.15, -0.1) is 6.58 Å². The van der Waals surface area contributed by atoms with Crippen molar-refractivity contribution in [2.24, 2.45) is 0 Å². The van der Waals surface area contributed by atoms with E-state index < -0.39 is 16.0 Å². The van der Waals surface area contributed by atoms with Crippen LogP contribution in [0.3, 0.4) is 0 Å². The highest BCUT2D eigenvalue weighted by Crippen LogP contribution is 2.28. The van der Waals surface area contributed by atoms with E-state index in [4.69, 9.17) is 16.3 Å². The molecule has 0 bridgehead atoms. The topological polar surface area (TPSA) is 63.7 Å². The van der Waals surface area contributed by atoms with Gasteiger partial charge in [0.2, 0.25) is 0 Å². The molecule has 0 aliphatic heterocycles. The Kier molecular flexibility index (Phi) is 6.45. The van der Waals surface area contributed by atoms with E-state index in [1.165, 1.54) is 22.5 Å². The molecule has 2 aromatic rings. The summed E-state index contributed by atoms with van der Waals surface area (Å²) in [6.07, 6.45) is 1.48. The summed E-state index contributed by atoms with van der Waals surface area (Å²) in [5.74, 6) is -0.606. The molecule has 0 spiro atoms. The Morgan fingerprint density at radius 3 is 2.46 bits per heavy atom. The quantitative estimate of drug-likeness (QED) is 0.522. The van der Waals surface area contributed by atoms with E-state index in [0.29, 0.717) is 5.69 Å². The van der Waals surface area contributed by atoms with E-state index in [-0.39, 0.29) is 28.6 Å². The minimum absolute atomic E-state index is 0.0418. The minimum Gasteiger partial charge on any atom is -0.462 e. The van der Waals surface area contributed by atoms with E-state index in [1.54, 1.807) is 37.3 Å². The first-order chi connectivity index (χ1) is 12.3. The van der Waals surface area contributed by atoms with Crippen molar-refractivity contribution in [3.05, 3.63) is 71.3 Å². The van der Waals surface area contributed by atoms with Crippen molar-refractivity contribution >= 4 is 33.3 Å². The summed E-state index contributed by atoms with van der Waals surface area (Å²) in [5.41, 5.74) is 1.37.